The summed E-state index contributed by atoms with van der Waals surface area (Å²) >= 11 is 5.81. The maximum Gasteiger partial charge on any atom is 0.251 e. The van der Waals surface area contributed by atoms with E-state index in [9.17, 15) is 9.59 Å². The number of rotatable bonds is 5. The van der Waals surface area contributed by atoms with Gasteiger partial charge in [0.2, 0.25) is 5.91 Å². The van der Waals surface area contributed by atoms with Gasteiger partial charge in [0.05, 0.1) is 0 Å². The van der Waals surface area contributed by atoms with Gasteiger partial charge in [-0.1, -0.05) is 17.7 Å². The Balaban J connectivity index is 1.68. The smallest absolute Gasteiger partial charge is 0.251 e. The molecule has 0 spiro atoms. The second-order valence-corrected chi connectivity index (χ2v) is 5.00. The number of hydrogen-bond donors (Lipinski definition) is 2. The van der Waals surface area contributed by atoms with Gasteiger partial charge in [0.15, 0.2) is 0 Å². The second kappa shape index (κ2) is 7.26. The highest BCUT2D eigenvalue weighted by atomic mass is 35.5. The number of hydrogen-bond acceptors (Lipinski definition) is 3. The zero-order valence-electron chi connectivity index (χ0n) is 11.0. The molecule has 1 atom stereocenters. The molecule has 2 rings (SSSR count). The molecule has 1 aliphatic heterocycles. The Morgan fingerprint density at radius 2 is 2.10 bits per heavy atom. The molecule has 1 aromatic carbocycles. The molecular weight excluding hydrogens is 280 g/mol. The molecule has 1 saturated heterocycles. The molecule has 5 nitrogen and oxygen atoms in total. The lowest BCUT2D eigenvalue weighted by atomic mass is 10.2. The fourth-order valence-electron chi connectivity index (χ4n) is 1.99. The third kappa shape index (κ3) is 4.21. The van der Waals surface area contributed by atoms with Crippen molar-refractivity contribution in [2.75, 3.05) is 19.7 Å². The van der Waals surface area contributed by atoms with Gasteiger partial charge in [0.25, 0.3) is 5.91 Å². The van der Waals surface area contributed by atoms with Crippen LogP contribution in [0.4, 0.5) is 0 Å². The maximum absolute atomic E-state index is 11.8. The van der Waals surface area contributed by atoms with Gasteiger partial charge in [0.1, 0.15) is 6.10 Å². The van der Waals surface area contributed by atoms with Crippen LogP contribution in [0.25, 0.3) is 0 Å². The summed E-state index contributed by atoms with van der Waals surface area (Å²) < 4.78 is 5.26. The van der Waals surface area contributed by atoms with Crippen LogP contribution in [-0.2, 0) is 9.53 Å². The zero-order chi connectivity index (χ0) is 14.4. The van der Waals surface area contributed by atoms with Crippen LogP contribution in [0.1, 0.15) is 23.2 Å². The highest BCUT2D eigenvalue weighted by Crippen LogP contribution is 2.11. The highest BCUT2D eigenvalue weighted by molar-refractivity contribution is 6.30. The molecule has 2 amide bonds. The van der Waals surface area contributed by atoms with Crippen LogP contribution in [-0.4, -0.2) is 37.6 Å². The summed E-state index contributed by atoms with van der Waals surface area (Å²) in [6.45, 7) is 1.39. The van der Waals surface area contributed by atoms with Crippen molar-refractivity contribution in [1.29, 1.82) is 0 Å². The molecule has 0 bridgehead atoms. The Morgan fingerprint density at radius 1 is 1.30 bits per heavy atom. The fraction of sp³-hybridized carbons (Fsp3) is 0.429. The van der Waals surface area contributed by atoms with E-state index in [1.165, 1.54) is 0 Å². The van der Waals surface area contributed by atoms with Crippen molar-refractivity contribution in [2.45, 2.75) is 18.9 Å². The van der Waals surface area contributed by atoms with Gasteiger partial charge < -0.3 is 15.4 Å². The van der Waals surface area contributed by atoms with Gasteiger partial charge >= 0.3 is 0 Å². The summed E-state index contributed by atoms with van der Waals surface area (Å²) in [5.74, 6) is -0.321. The summed E-state index contributed by atoms with van der Waals surface area (Å²) in [6, 6.07) is 6.71. The number of carbonyl (C=O) groups excluding carboxylic acids is 2. The van der Waals surface area contributed by atoms with E-state index in [1.54, 1.807) is 24.3 Å². The summed E-state index contributed by atoms with van der Waals surface area (Å²) in [5.41, 5.74) is 0.503. The number of nitrogens with one attached hydrogen (secondary N) is 2. The molecular formula is C14H17ClN2O3. The van der Waals surface area contributed by atoms with E-state index in [4.69, 9.17) is 16.3 Å². The molecule has 0 aromatic heterocycles. The van der Waals surface area contributed by atoms with Crippen molar-refractivity contribution in [3.05, 3.63) is 34.9 Å². The highest BCUT2D eigenvalue weighted by Gasteiger charge is 2.22. The molecule has 0 saturated carbocycles. The predicted octanol–water partition coefficient (Wildman–Crippen LogP) is 1.37. The summed E-state index contributed by atoms with van der Waals surface area (Å²) in [6.07, 6.45) is 1.35. The first-order valence-electron chi connectivity index (χ1n) is 6.60. The fourth-order valence-corrected chi connectivity index (χ4v) is 2.18. The van der Waals surface area contributed by atoms with Crippen LogP contribution in [0.15, 0.2) is 24.3 Å². The number of ether oxygens (including phenoxy) is 1. The van der Waals surface area contributed by atoms with Crippen LogP contribution in [0.2, 0.25) is 5.02 Å². The van der Waals surface area contributed by atoms with E-state index in [-0.39, 0.29) is 17.9 Å². The van der Waals surface area contributed by atoms with E-state index < -0.39 is 0 Å². The molecule has 2 N–H and O–H groups in total. The Hall–Kier alpha value is -1.59. The minimum atomic E-state index is -0.335. The van der Waals surface area contributed by atoms with Crippen molar-refractivity contribution < 1.29 is 14.3 Å². The van der Waals surface area contributed by atoms with Crippen LogP contribution in [0.3, 0.4) is 0 Å². The van der Waals surface area contributed by atoms with Gasteiger partial charge in [-0.05, 0) is 31.0 Å². The molecule has 20 heavy (non-hydrogen) atoms. The van der Waals surface area contributed by atoms with Gasteiger partial charge in [-0.15, -0.1) is 0 Å². The van der Waals surface area contributed by atoms with E-state index >= 15 is 0 Å². The van der Waals surface area contributed by atoms with E-state index in [0.29, 0.717) is 30.3 Å². The first kappa shape index (κ1) is 14.8. The van der Waals surface area contributed by atoms with Gasteiger partial charge in [-0.3, -0.25) is 9.59 Å². The third-order valence-electron chi connectivity index (χ3n) is 3.02. The Bertz CT molecular complexity index is 487. The molecule has 1 aliphatic rings. The minimum Gasteiger partial charge on any atom is -0.368 e. The lowest BCUT2D eigenvalue weighted by molar-refractivity contribution is -0.129. The van der Waals surface area contributed by atoms with Crippen LogP contribution < -0.4 is 10.6 Å². The Kier molecular flexibility index (Phi) is 5.38. The largest absolute Gasteiger partial charge is 0.368 e. The number of benzene rings is 1. The first-order valence-corrected chi connectivity index (χ1v) is 6.97. The van der Waals surface area contributed by atoms with Gasteiger partial charge in [-0.2, -0.15) is 0 Å². The van der Waals surface area contributed by atoms with Crippen molar-refractivity contribution in [3.8, 4) is 0 Å². The van der Waals surface area contributed by atoms with Crippen molar-refractivity contribution in [3.63, 3.8) is 0 Å². The van der Waals surface area contributed by atoms with Crippen LogP contribution >= 0.6 is 11.6 Å². The normalized spacial score (nSPS) is 17.8. The van der Waals surface area contributed by atoms with Gasteiger partial charge in [-0.25, -0.2) is 0 Å². The molecule has 6 heteroatoms. The predicted molar refractivity (Wildman–Crippen MR) is 75.8 cm³/mol. The molecule has 0 aliphatic carbocycles. The molecule has 1 fully saturated rings. The molecule has 0 radical (unpaired) electrons. The molecule has 108 valence electrons. The van der Waals surface area contributed by atoms with E-state index in [0.717, 1.165) is 12.8 Å². The maximum atomic E-state index is 11.8. The Morgan fingerprint density at radius 3 is 2.80 bits per heavy atom. The molecule has 1 unspecified atom stereocenters. The topological polar surface area (TPSA) is 67.4 Å². The average molecular weight is 297 g/mol. The van der Waals surface area contributed by atoms with E-state index in [2.05, 4.69) is 10.6 Å². The number of carbonyl (C=O) groups is 2. The standard InChI is InChI=1S/C14H17ClN2O3/c15-11-4-1-3-10(9-11)13(18)16-6-7-17-14(19)12-5-2-8-20-12/h1,3-4,9,12H,2,5-8H2,(H,16,18)(H,17,19). The van der Waals surface area contributed by atoms with Crippen LogP contribution in [0, 0.1) is 0 Å². The third-order valence-corrected chi connectivity index (χ3v) is 3.25. The first-order chi connectivity index (χ1) is 9.66. The van der Waals surface area contributed by atoms with Crippen molar-refractivity contribution >= 4 is 23.4 Å². The quantitative estimate of drug-likeness (QED) is 0.806. The number of halogens is 1. The minimum absolute atomic E-state index is 0.112. The van der Waals surface area contributed by atoms with E-state index in [1.807, 2.05) is 0 Å². The zero-order valence-corrected chi connectivity index (χ0v) is 11.8. The van der Waals surface area contributed by atoms with Crippen molar-refractivity contribution in [2.24, 2.45) is 0 Å². The SMILES string of the molecule is O=C(NCCNC(=O)C1CCCO1)c1cccc(Cl)c1. The van der Waals surface area contributed by atoms with Crippen LogP contribution in [0.5, 0.6) is 0 Å². The molecule has 1 heterocycles. The summed E-state index contributed by atoms with van der Waals surface area (Å²) in [4.78, 5) is 23.4. The van der Waals surface area contributed by atoms with Gasteiger partial charge in [0, 0.05) is 30.3 Å². The lowest BCUT2D eigenvalue weighted by Crippen LogP contribution is -2.39. The monoisotopic (exact) mass is 296 g/mol. The molecule has 1 aromatic rings. The summed E-state index contributed by atoms with van der Waals surface area (Å²) in [7, 11) is 0. The second-order valence-electron chi connectivity index (χ2n) is 4.56. The Labute approximate surface area is 122 Å². The summed E-state index contributed by atoms with van der Waals surface area (Å²) in [5, 5.41) is 5.97. The van der Waals surface area contributed by atoms with Crippen molar-refractivity contribution in [1.82, 2.24) is 10.6 Å². The lowest BCUT2D eigenvalue weighted by Gasteiger charge is -2.11. The average Bonchev–Trinajstić information content (AvgIpc) is 2.97. The number of amides is 2.